The zero-order valence-electron chi connectivity index (χ0n) is 9.69. The van der Waals surface area contributed by atoms with Gasteiger partial charge in [-0.15, -0.1) is 0 Å². The molecule has 0 spiro atoms. The second kappa shape index (κ2) is 4.44. The van der Waals surface area contributed by atoms with Crippen LogP contribution in [0.25, 0.3) is 0 Å². The zero-order valence-corrected chi connectivity index (χ0v) is 9.69. The van der Waals surface area contributed by atoms with Crippen LogP contribution in [-0.4, -0.2) is 33.7 Å². The summed E-state index contributed by atoms with van der Waals surface area (Å²) in [5, 5.41) is 4.04. The second-order valence-corrected chi connectivity index (χ2v) is 4.02. The maximum atomic E-state index is 10.9. The van der Waals surface area contributed by atoms with Gasteiger partial charge >= 0.3 is 0 Å². The molecule has 5 heteroatoms. The van der Waals surface area contributed by atoms with Crippen LogP contribution in [0.5, 0.6) is 0 Å². The van der Waals surface area contributed by atoms with Gasteiger partial charge in [0.25, 0.3) is 5.91 Å². The predicted octanol–water partition coefficient (Wildman–Crippen LogP) is 0.359. The van der Waals surface area contributed by atoms with Gasteiger partial charge in [-0.3, -0.25) is 14.4 Å². The quantitative estimate of drug-likeness (QED) is 0.780. The lowest BCUT2D eigenvalue weighted by atomic mass is 10.3. The summed E-state index contributed by atoms with van der Waals surface area (Å²) in [6, 6.07) is 2.19. The summed E-state index contributed by atoms with van der Waals surface area (Å²) in [6.45, 7) is 4.99. The molecule has 15 heavy (non-hydrogen) atoms. The fourth-order valence-electron chi connectivity index (χ4n) is 1.21. The van der Waals surface area contributed by atoms with Gasteiger partial charge in [0.15, 0.2) is 0 Å². The maximum Gasteiger partial charge on any atom is 0.269 e. The molecule has 0 aliphatic rings. The third-order valence-electron chi connectivity index (χ3n) is 2.52. The Labute approximate surface area is 89.9 Å². The lowest BCUT2D eigenvalue weighted by Gasteiger charge is -2.20. The predicted molar refractivity (Wildman–Crippen MR) is 58.3 cm³/mol. The molecule has 1 aromatic rings. The molecule has 0 saturated carbocycles. The molecule has 1 amide bonds. The Hall–Kier alpha value is -1.36. The summed E-state index contributed by atoms with van der Waals surface area (Å²) in [5.41, 5.74) is 6.47. The molecular formula is C10H18N4O. The largest absolute Gasteiger partial charge is 0.364 e. The Morgan fingerprint density at radius 1 is 1.67 bits per heavy atom. The van der Waals surface area contributed by atoms with E-state index in [-0.39, 0.29) is 0 Å². The number of carbonyl (C=O) groups is 1. The molecule has 0 aliphatic heterocycles. The van der Waals surface area contributed by atoms with Gasteiger partial charge in [-0.05, 0) is 27.0 Å². The van der Waals surface area contributed by atoms with Crippen LogP contribution >= 0.6 is 0 Å². The second-order valence-electron chi connectivity index (χ2n) is 4.02. The highest BCUT2D eigenvalue weighted by Crippen LogP contribution is 2.07. The summed E-state index contributed by atoms with van der Waals surface area (Å²) >= 11 is 0. The third-order valence-corrected chi connectivity index (χ3v) is 2.52. The van der Waals surface area contributed by atoms with E-state index in [0.717, 1.165) is 12.2 Å². The lowest BCUT2D eigenvalue weighted by molar-refractivity contribution is 0.0995. The molecule has 0 saturated heterocycles. The van der Waals surface area contributed by atoms with Crippen molar-refractivity contribution in [1.29, 1.82) is 0 Å². The van der Waals surface area contributed by atoms with E-state index < -0.39 is 5.91 Å². The number of nitrogens with zero attached hydrogens (tertiary/aromatic N) is 3. The van der Waals surface area contributed by atoms with Crippen molar-refractivity contribution in [3.63, 3.8) is 0 Å². The Bertz CT molecular complexity index is 356. The minimum absolute atomic E-state index is 0.324. The first-order valence-corrected chi connectivity index (χ1v) is 4.94. The molecule has 0 atom stereocenters. The molecule has 0 aromatic carbocycles. The number of aromatic nitrogens is 2. The van der Waals surface area contributed by atoms with Crippen LogP contribution in [0.3, 0.4) is 0 Å². The van der Waals surface area contributed by atoms with Crippen molar-refractivity contribution < 1.29 is 4.79 Å². The average molecular weight is 210 g/mol. The van der Waals surface area contributed by atoms with Gasteiger partial charge in [-0.2, -0.15) is 5.10 Å². The van der Waals surface area contributed by atoms with Crippen molar-refractivity contribution in [3.8, 4) is 0 Å². The van der Waals surface area contributed by atoms with E-state index >= 15 is 0 Å². The van der Waals surface area contributed by atoms with Crippen LogP contribution in [0.4, 0.5) is 0 Å². The van der Waals surface area contributed by atoms with E-state index in [1.54, 1.807) is 10.7 Å². The van der Waals surface area contributed by atoms with Crippen molar-refractivity contribution in [1.82, 2.24) is 14.7 Å². The average Bonchev–Trinajstić information content (AvgIpc) is 2.47. The summed E-state index contributed by atoms with van der Waals surface area (Å²) in [7, 11) is 3.84. The number of hydrogen-bond acceptors (Lipinski definition) is 3. The minimum Gasteiger partial charge on any atom is -0.364 e. The van der Waals surface area contributed by atoms with E-state index in [1.165, 1.54) is 0 Å². The molecule has 1 rings (SSSR count). The Morgan fingerprint density at radius 3 is 2.67 bits per heavy atom. The van der Waals surface area contributed by atoms with Gasteiger partial charge in [0.05, 0.1) is 5.69 Å². The smallest absolute Gasteiger partial charge is 0.269 e. The highest BCUT2D eigenvalue weighted by atomic mass is 16.1. The highest BCUT2D eigenvalue weighted by Gasteiger charge is 2.12. The molecule has 0 bridgehead atoms. The first-order valence-electron chi connectivity index (χ1n) is 4.94. The number of carbonyl (C=O) groups excluding carboxylic acids is 1. The molecular weight excluding hydrogens is 192 g/mol. The van der Waals surface area contributed by atoms with Gasteiger partial charge in [0.1, 0.15) is 5.69 Å². The molecule has 5 nitrogen and oxygen atoms in total. The first kappa shape index (κ1) is 11.7. The fraction of sp³-hybridized carbons (Fsp3) is 0.600. The van der Waals surface area contributed by atoms with Crippen molar-refractivity contribution in [2.24, 2.45) is 12.8 Å². The van der Waals surface area contributed by atoms with Crippen LogP contribution < -0.4 is 5.73 Å². The van der Waals surface area contributed by atoms with Crippen LogP contribution in [0, 0.1) is 0 Å². The minimum atomic E-state index is -0.482. The van der Waals surface area contributed by atoms with Gasteiger partial charge in [0, 0.05) is 19.6 Å². The summed E-state index contributed by atoms with van der Waals surface area (Å²) in [5.74, 6) is -0.482. The van der Waals surface area contributed by atoms with E-state index in [9.17, 15) is 4.79 Å². The van der Waals surface area contributed by atoms with E-state index in [2.05, 4.69) is 23.8 Å². The van der Waals surface area contributed by atoms with Crippen molar-refractivity contribution in [2.75, 3.05) is 7.05 Å². The van der Waals surface area contributed by atoms with Gasteiger partial charge < -0.3 is 5.73 Å². The van der Waals surface area contributed by atoms with Crippen molar-refractivity contribution in [3.05, 3.63) is 17.5 Å². The molecule has 0 fully saturated rings. The van der Waals surface area contributed by atoms with Crippen molar-refractivity contribution in [2.45, 2.75) is 26.4 Å². The molecule has 2 N–H and O–H groups in total. The van der Waals surface area contributed by atoms with Crippen LogP contribution in [0.1, 0.15) is 30.0 Å². The van der Waals surface area contributed by atoms with Gasteiger partial charge in [0.2, 0.25) is 0 Å². The van der Waals surface area contributed by atoms with E-state index in [0.29, 0.717) is 11.7 Å². The number of aryl methyl sites for hydroxylation is 1. The van der Waals surface area contributed by atoms with Crippen LogP contribution in [-0.2, 0) is 13.6 Å². The summed E-state index contributed by atoms with van der Waals surface area (Å²) in [6.07, 6.45) is 0. The standard InChI is InChI=1S/C10H18N4O/c1-7(2)13(3)6-8-5-9(10(11)15)12-14(8)4/h5,7H,6H2,1-4H3,(H2,11,15). The van der Waals surface area contributed by atoms with E-state index in [1.807, 2.05) is 14.1 Å². The highest BCUT2D eigenvalue weighted by molar-refractivity contribution is 5.90. The topological polar surface area (TPSA) is 64.2 Å². The molecule has 84 valence electrons. The monoisotopic (exact) mass is 210 g/mol. The SMILES string of the molecule is CC(C)N(C)Cc1cc(C(N)=O)nn1C. The Kier molecular flexibility index (Phi) is 3.47. The molecule has 0 radical (unpaired) electrons. The van der Waals surface area contributed by atoms with Crippen LogP contribution in [0.2, 0.25) is 0 Å². The summed E-state index contributed by atoms with van der Waals surface area (Å²) in [4.78, 5) is 13.1. The number of nitrogens with two attached hydrogens (primary N) is 1. The molecule has 0 unspecified atom stereocenters. The lowest BCUT2D eigenvalue weighted by Crippen LogP contribution is -2.26. The Morgan fingerprint density at radius 2 is 2.27 bits per heavy atom. The molecule has 1 aromatic heterocycles. The zero-order chi connectivity index (χ0) is 11.6. The Balaban J connectivity index is 2.82. The molecule has 0 aliphatic carbocycles. The molecule has 1 heterocycles. The summed E-state index contributed by atoms with van der Waals surface area (Å²) < 4.78 is 1.69. The maximum absolute atomic E-state index is 10.9. The number of hydrogen-bond donors (Lipinski definition) is 1. The first-order chi connectivity index (χ1) is 6.91. The number of primary amides is 1. The van der Waals surface area contributed by atoms with E-state index in [4.69, 9.17) is 5.73 Å². The normalized spacial score (nSPS) is 11.3. The fourth-order valence-corrected chi connectivity index (χ4v) is 1.21. The van der Waals surface area contributed by atoms with Crippen molar-refractivity contribution >= 4 is 5.91 Å². The third kappa shape index (κ3) is 2.79. The number of amides is 1. The van der Waals surface area contributed by atoms with Gasteiger partial charge in [-0.1, -0.05) is 0 Å². The number of rotatable bonds is 4. The van der Waals surface area contributed by atoms with Crippen LogP contribution in [0.15, 0.2) is 6.07 Å². The van der Waals surface area contributed by atoms with Gasteiger partial charge in [-0.25, -0.2) is 0 Å².